The second-order valence-corrected chi connectivity index (χ2v) is 5.31. The smallest absolute Gasteiger partial charge is 0.265 e. The number of anilines is 1. The first-order chi connectivity index (χ1) is 10.5. The maximum Gasteiger partial charge on any atom is 0.265 e. The molecule has 0 radical (unpaired) electrons. The average molecular weight is 340 g/mol. The van der Waals surface area contributed by atoms with Crippen LogP contribution in [-0.2, 0) is 4.79 Å². The highest BCUT2D eigenvalue weighted by molar-refractivity contribution is 6.39. The van der Waals surface area contributed by atoms with Crippen LogP contribution >= 0.6 is 23.2 Å². The van der Waals surface area contributed by atoms with Crippen molar-refractivity contribution >= 4 is 34.8 Å². The average Bonchev–Trinajstić information content (AvgIpc) is 2.51. The lowest BCUT2D eigenvalue weighted by Gasteiger charge is -2.17. The summed E-state index contributed by atoms with van der Waals surface area (Å²) in [7, 11) is 1.54. The molecule has 0 saturated heterocycles. The highest BCUT2D eigenvalue weighted by atomic mass is 35.5. The lowest BCUT2D eigenvalue weighted by atomic mass is 10.2. The molecule has 4 nitrogen and oxygen atoms in total. The molecule has 116 valence electrons. The number of carbonyl (C=O) groups excluding carboxylic acids is 1. The summed E-state index contributed by atoms with van der Waals surface area (Å²) in [6.07, 6.45) is -0.747. The minimum Gasteiger partial charge on any atom is -0.493 e. The van der Waals surface area contributed by atoms with Crippen LogP contribution in [0.3, 0.4) is 0 Å². The van der Waals surface area contributed by atoms with Crippen molar-refractivity contribution in [1.29, 1.82) is 0 Å². The molecule has 0 bridgehead atoms. The summed E-state index contributed by atoms with van der Waals surface area (Å²) < 4.78 is 10.8. The molecule has 2 rings (SSSR count). The van der Waals surface area contributed by atoms with E-state index in [9.17, 15) is 4.79 Å². The van der Waals surface area contributed by atoms with Crippen LogP contribution in [0.5, 0.6) is 11.5 Å². The zero-order valence-corrected chi connectivity index (χ0v) is 13.6. The zero-order valence-electron chi connectivity index (χ0n) is 12.1. The van der Waals surface area contributed by atoms with E-state index in [4.69, 9.17) is 32.7 Å². The number of nitrogens with one attached hydrogen (secondary N) is 1. The summed E-state index contributed by atoms with van der Waals surface area (Å²) in [5.74, 6) is 0.678. The number of methoxy groups -OCH3 is 1. The van der Waals surface area contributed by atoms with Gasteiger partial charge in [0.1, 0.15) is 0 Å². The minimum absolute atomic E-state index is 0.360. The van der Waals surface area contributed by atoms with Crippen LogP contribution < -0.4 is 14.8 Å². The van der Waals surface area contributed by atoms with Gasteiger partial charge in [-0.3, -0.25) is 4.79 Å². The third-order valence-electron chi connectivity index (χ3n) is 2.95. The standard InChI is InChI=1S/C16H15Cl2NO3/c1-10(22-14-9-4-3-8-13(14)21-2)16(20)19-15-11(17)6-5-7-12(15)18/h3-10H,1-2H3,(H,19,20)/t10-/m0/s1. The Bertz CT molecular complexity index is 656. The molecule has 0 aliphatic rings. The Morgan fingerprint density at radius 1 is 1.05 bits per heavy atom. The van der Waals surface area contributed by atoms with Crippen molar-refractivity contribution in [3.63, 3.8) is 0 Å². The van der Waals surface area contributed by atoms with Gasteiger partial charge in [-0.15, -0.1) is 0 Å². The maximum absolute atomic E-state index is 12.2. The van der Waals surface area contributed by atoms with E-state index in [2.05, 4.69) is 5.32 Å². The van der Waals surface area contributed by atoms with Crippen molar-refractivity contribution in [3.8, 4) is 11.5 Å². The number of hydrogen-bond donors (Lipinski definition) is 1. The van der Waals surface area contributed by atoms with Gasteiger partial charge in [-0.05, 0) is 31.2 Å². The van der Waals surface area contributed by atoms with Gasteiger partial charge in [-0.1, -0.05) is 41.4 Å². The molecule has 0 unspecified atom stereocenters. The van der Waals surface area contributed by atoms with Crippen molar-refractivity contribution in [2.75, 3.05) is 12.4 Å². The number of rotatable bonds is 5. The molecule has 6 heteroatoms. The molecular weight excluding hydrogens is 325 g/mol. The van der Waals surface area contributed by atoms with Crippen molar-refractivity contribution in [2.45, 2.75) is 13.0 Å². The van der Waals surface area contributed by atoms with Crippen LogP contribution in [0.1, 0.15) is 6.92 Å². The molecule has 2 aromatic rings. The molecule has 0 aromatic heterocycles. The molecule has 0 fully saturated rings. The molecule has 1 atom stereocenters. The van der Waals surface area contributed by atoms with Crippen molar-refractivity contribution in [1.82, 2.24) is 0 Å². The summed E-state index contributed by atoms with van der Waals surface area (Å²) in [6, 6.07) is 12.1. The Hall–Kier alpha value is -1.91. The van der Waals surface area contributed by atoms with Crippen LogP contribution in [0.2, 0.25) is 10.0 Å². The molecule has 0 saturated carbocycles. The second-order valence-electron chi connectivity index (χ2n) is 4.50. The van der Waals surface area contributed by atoms with Gasteiger partial charge in [0.2, 0.25) is 0 Å². The lowest BCUT2D eigenvalue weighted by Crippen LogP contribution is -2.30. The molecule has 2 aromatic carbocycles. The largest absolute Gasteiger partial charge is 0.493 e. The molecule has 22 heavy (non-hydrogen) atoms. The Morgan fingerprint density at radius 2 is 1.64 bits per heavy atom. The summed E-state index contributed by atoms with van der Waals surface area (Å²) in [5.41, 5.74) is 0.367. The molecule has 0 aliphatic carbocycles. The first kappa shape index (κ1) is 16.5. The van der Waals surface area contributed by atoms with Gasteiger partial charge in [0.05, 0.1) is 22.8 Å². The topological polar surface area (TPSA) is 47.6 Å². The Labute approximate surface area is 138 Å². The van der Waals surface area contributed by atoms with Gasteiger partial charge >= 0.3 is 0 Å². The minimum atomic E-state index is -0.747. The highest BCUT2D eigenvalue weighted by Gasteiger charge is 2.19. The third-order valence-corrected chi connectivity index (χ3v) is 3.58. The molecule has 1 N–H and O–H groups in total. The second kappa shape index (κ2) is 7.38. The van der Waals surface area contributed by atoms with Crippen LogP contribution in [0, 0.1) is 0 Å². The van der Waals surface area contributed by atoms with Crippen LogP contribution in [0.4, 0.5) is 5.69 Å². The molecule has 0 heterocycles. The van der Waals surface area contributed by atoms with Crippen molar-refractivity contribution in [2.24, 2.45) is 0 Å². The third kappa shape index (κ3) is 3.84. The first-order valence-corrected chi connectivity index (χ1v) is 7.33. The van der Waals surface area contributed by atoms with E-state index in [-0.39, 0.29) is 5.91 Å². The summed E-state index contributed by atoms with van der Waals surface area (Å²) >= 11 is 12.1. The van der Waals surface area contributed by atoms with Crippen molar-refractivity contribution in [3.05, 3.63) is 52.5 Å². The van der Waals surface area contributed by atoms with Gasteiger partial charge in [0.25, 0.3) is 5.91 Å². The Morgan fingerprint density at radius 3 is 2.23 bits per heavy atom. The van der Waals surface area contributed by atoms with Crippen LogP contribution in [-0.4, -0.2) is 19.1 Å². The van der Waals surface area contributed by atoms with E-state index >= 15 is 0 Å². The van der Waals surface area contributed by atoms with E-state index in [1.807, 2.05) is 6.07 Å². The molecule has 1 amide bonds. The number of halogens is 2. The first-order valence-electron chi connectivity index (χ1n) is 6.57. The molecular formula is C16H15Cl2NO3. The number of benzene rings is 2. The molecule has 0 spiro atoms. The van der Waals surface area contributed by atoms with Gasteiger partial charge in [0.15, 0.2) is 17.6 Å². The zero-order chi connectivity index (χ0) is 16.1. The lowest BCUT2D eigenvalue weighted by molar-refractivity contribution is -0.122. The fourth-order valence-corrected chi connectivity index (χ4v) is 2.29. The number of ether oxygens (including phenoxy) is 2. The number of amides is 1. The van der Waals surface area contributed by atoms with E-state index in [0.717, 1.165) is 0 Å². The van der Waals surface area contributed by atoms with Crippen molar-refractivity contribution < 1.29 is 14.3 Å². The summed E-state index contributed by atoms with van der Waals surface area (Å²) in [4.78, 5) is 12.2. The van der Waals surface area contributed by atoms with E-state index in [0.29, 0.717) is 27.2 Å². The quantitative estimate of drug-likeness (QED) is 0.877. The SMILES string of the molecule is COc1ccccc1O[C@@H](C)C(=O)Nc1c(Cl)cccc1Cl. The van der Waals surface area contributed by atoms with E-state index in [1.54, 1.807) is 43.3 Å². The maximum atomic E-state index is 12.2. The fourth-order valence-electron chi connectivity index (χ4n) is 1.80. The number of para-hydroxylation sites is 3. The number of carbonyl (C=O) groups is 1. The molecule has 0 aliphatic heterocycles. The fraction of sp³-hybridized carbons (Fsp3) is 0.188. The summed E-state index contributed by atoms with van der Waals surface area (Å²) in [6.45, 7) is 1.63. The predicted octanol–water partition coefficient (Wildman–Crippen LogP) is 4.41. The highest BCUT2D eigenvalue weighted by Crippen LogP contribution is 2.31. The van der Waals surface area contributed by atoms with Gasteiger partial charge in [-0.2, -0.15) is 0 Å². The monoisotopic (exact) mass is 339 g/mol. The normalized spacial score (nSPS) is 11.6. The van der Waals surface area contributed by atoms with E-state index in [1.165, 1.54) is 7.11 Å². The summed E-state index contributed by atoms with van der Waals surface area (Å²) in [5, 5.41) is 3.40. The van der Waals surface area contributed by atoms with Gasteiger partial charge in [0, 0.05) is 0 Å². The van der Waals surface area contributed by atoms with Crippen LogP contribution in [0.25, 0.3) is 0 Å². The van der Waals surface area contributed by atoms with Gasteiger partial charge in [-0.25, -0.2) is 0 Å². The Balaban J connectivity index is 2.10. The van der Waals surface area contributed by atoms with Gasteiger partial charge < -0.3 is 14.8 Å². The van der Waals surface area contributed by atoms with Crippen LogP contribution in [0.15, 0.2) is 42.5 Å². The van der Waals surface area contributed by atoms with E-state index < -0.39 is 6.10 Å². The Kier molecular flexibility index (Phi) is 5.52. The number of hydrogen-bond acceptors (Lipinski definition) is 3. The predicted molar refractivity (Wildman–Crippen MR) is 88.2 cm³/mol.